The molecule has 0 spiro atoms. The van der Waals surface area contributed by atoms with Crippen molar-refractivity contribution >= 4 is 45.6 Å². The first-order chi connectivity index (χ1) is 11.0. The highest BCUT2D eigenvalue weighted by Gasteiger charge is 2.24. The van der Waals surface area contributed by atoms with E-state index in [0.29, 0.717) is 20.9 Å². The lowest BCUT2D eigenvalue weighted by Gasteiger charge is -2.03. The van der Waals surface area contributed by atoms with Gasteiger partial charge in [-0.3, -0.25) is 9.59 Å². The van der Waals surface area contributed by atoms with Gasteiger partial charge in [-0.05, 0) is 25.1 Å². The largest absolute Gasteiger partial charge is 0.423 e. The molecule has 23 heavy (non-hydrogen) atoms. The van der Waals surface area contributed by atoms with E-state index in [4.69, 9.17) is 16.3 Å². The van der Waals surface area contributed by atoms with E-state index < -0.39 is 5.97 Å². The molecule has 0 bridgehead atoms. The molecule has 0 saturated heterocycles. The Balaban J connectivity index is 2.15. The van der Waals surface area contributed by atoms with Crippen LogP contribution in [-0.4, -0.2) is 21.7 Å². The summed E-state index contributed by atoms with van der Waals surface area (Å²) < 4.78 is 5.38. The van der Waals surface area contributed by atoms with Gasteiger partial charge in [-0.25, -0.2) is 4.98 Å². The summed E-state index contributed by atoms with van der Waals surface area (Å²) >= 11 is 7.28. The van der Waals surface area contributed by atoms with Crippen molar-refractivity contribution in [1.29, 1.82) is 0 Å². The molecule has 2 aromatic heterocycles. The number of nitrogens with zero attached hydrogens (tertiary/aromatic N) is 1. The maximum absolute atomic E-state index is 12.7. The lowest BCUT2D eigenvalue weighted by molar-refractivity contribution is -0.133. The number of ether oxygens (including phenoxy) is 1. The van der Waals surface area contributed by atoms with Crippen LogP contribution in [0.5, 0.6) is 5.75 Å². The van der Waals surface area contributed by atoms with Crippen LogP contribution in [0.4, 0.5) is 0 Å². The molecule has 0 fully saturated rings. The number of hydrogen-bond donors (Lipinski definition) is 1. The molecule has 5 nitrogen and oxygen atoms in total. The molecule has 0 atom stereocenters. The Morgan fingerprint density at radius 2 is 2.17 bits per heavy atom. The molecule has 2 heterocycles. The van der Waals surface area contributed by atoms with E-state index in [1.54, 1.807) is 31.3 Å². The topological polar surface area (TPSA) is 72.1 Å². The first-order valence-electron chi connectivity index (χ1n) is 6.98. The summed E-state index contributed by atoms with van der Waals surface area (Å²) in [6, 6.07) is 5.09. The molecule has 1 N–H and O–H groups in total. The molecular formula is C16H13ClN2O3S. The highest BCUT2D eigenvalue weighted by atomic mass is 35.5. The Hall–Kier alpha value is -2.18. The first-order valence-corrected chi connectivity index (χ1v) is 8.18. The summed E-state index contributed by atoms with van der Waals surface area (Å²) in [6.45, 7) is 3.57. The first kappa shape index (κ1) is 15.7. The zero-order valence-corrected chi connectivity index (χ0v) is 14.0. The number of nitrogens with one attached hydrogen (secondary N) is 1. The number of fused-ring (bicyclic) bond motifs is 1. The summed E-state index contributed by atoms with van der Waals surface area (Å²) in [5.41, 5.74) is 0.839. The number of aromatic nitrogens is 2. The van der Waals surface area contributed by atoms with E-state index in [2.05, 4.69) is 9.97 Å². The van der Waals surface area contributed by atoms with Crippen LogP contribution >= 0.6 is 22.9 Å². The van der Waals surface area contributed by atoms with Gasteiger partial charge in [0.05, 0.1) is 5.52 Å². The van der Waals surface area contributed by atoms with Gasteiger partial charge >= 0.3 is 5.97 Å². The van der Waals surface area contributed by atoms with Gasteiger partial charge in [0.15, 0.2) is 10.8 Å². The number of esters is 1. The van der Waals surface area contributed by atoms with Gasteiger partial charge in [0.2, 0.25) is 5.78 Å². The smallest absolute Gasteiger partial charge is 0.310 e. The molecule has 0 saturated carbocycles. The van der Waals surface area contributed by atoms with Crippen LogP contribution in [0.2, 0.25) is 5.02 Å². The second kappa shape index (κ2) is 6.14. The number of benzene rings is 1. The lowest BCUT2D eigenvalue weighted by Crippen LogP contribution is -2.10. The van der Waals surface area contributed by atoms with Gasteiger partial charge in [0.25, 0.3) is 0 Å². The molecule has 3 aromatic rings. The Morgan fingerprint density at radius 3 is 2.83 bits per heavy atom. The van der Waals surface area contributed by atoms with E-state index in [1.807, 2.05) is 6.92 Å². The SMILES string of the molecule is CCC(=O)Oc1c(C(=O)c2ncc(C)s2)[nH]c2cc(Cl)ccc12. The average molecular weight is 349 g/mol. The van der Waals surface area contributed by atoms with Gasteiger partial charge < -0.3 is 9.72 Å². The van der Waals surface area contributed by atoms with Crippen molar-refractivity contribution in [3.8, 4) is 5.75 Å². The third-order valence-corrected chi connectivity index (χ3v) is 4.41. The number of aryl methyl sites for hydroxylation is 1. The molecule has 7 heteroatoms. The lowest BCUT2D eigenvalue weighted by atomic mass is 10.2. The molecule has 0 radical (unpaired) electrons. The average Bonchev–Trinajstić information content (AvgIpc) is 3.10. The molecule has 118 valence electrons. The van der Waals surface area contributed by atoms with E-state index in [-0.39, 0.29) is 23.6 Å². The van der Waals surface area contributed by atoms with Crippen LogP contribution in [0, 0.1) is 6.92 Å². The molecule has 3 rings (SSSR count). The number of hydrogen-bond acceptors (Lipinski definition) is 5. The molecular weight excluding hydrogens is 336 g/mol. The number of rotatable bonds is 4. The highest BCUT2D eigenvalue weighted by Crippen LogP contribution is 2.34. The third kappa shape index (κ3) is 3.00. The quantitative estimate of drug-likeness (QED) is 0.568. The summed E-state index contributed by atoms with van der Waals surface area (Å²) in [4.78, 5) is 32.4. The van der Waals surface area contributed by atoms with Crippen LogP contribution in [0.25, 0.3) is 10.9 Å². The minimum atomic E-state index is -0.412. The van der Waals surface area contributed by atoms with Crippen molar-refractivity contribution in [2.45, 2.75) is 20.3 Å². The highest BCUT2D eigenvalue weighted by molar-refractivity contribution is 7.13. The van der Waals surface area contributed by atoms with Crippen LogP contribution in [0.15, 0.2) is 24.4 Å². The fourth-order valence-corrected chi connectivity index (χ4v) is 3.05. The van der Waals surface area contributed by atoms with Gasteiger partial charge in [0, 0.05) is 27.9 Å². The Labute approximate surface area is 141 Å². The van der Waals surface area contributed by atoms with Gasteiger partial charge in [-0.2, -0.15) is 0 Å². The maximum atomic E-state index is 12.7. The summed E-state index contributed by atoms with van der Waals surface area (Å²) in [6.07, 6.45) is 1.85. The molecule has 0 unspecified atom stereocenters. The number of carbonyl (C=O) groups is 2. The normalized spacial score (nSPS) is 10.9. The van der Waals surface area contributed by atoms with Crippen LogP contribution in [-0.2, 0) is 4.79 Å². The number of halogens is 1. The fraction of sp³-hybridized carbons (Fsp3) is 0.188. The van der Waals surface area contributed by atoms with Gasteiger partial charge in [0.1, 0.15) is 5.69 Å². The van der Waals surface area contributed by atoms with Gasteiger partial charge in [-0.1, -0.05) is 18.5 Å². The minimum Gasteiger partial charge on any atom is -0.423 e. The second-order valence-electron chi connectivity index (χ2n) is 4.95. The van der Waals surface area contributed by atoms with Crippen molar-refractivity contribution in [1.82, 2.24) is 9.97 Å². The van der Waals surface area contributed by atoms with Gasteiger partial charge in [-0.15, -0.1) is 11.3 Å². The Bertz CT molecular complexity index is 913. The fourth-order valence-electron chi connectivity index (χ4n) is 2.16. The van der Waals surface area contributed by atoms with Crippen molar-refractivity contribution in [3.63, 3.8) is 0 Å². The van der Waals surface area contributed by atoms with Crippen molar-refractivity contribution in [2.24, 2.45) is 0 Å². The minimum absolute atomic E-state index is 0.207. The summed E-state index contributed by atoms with van der Waals surface area (Å²) in [5, 5.41) is 1.50. The predicted octanol–water partition coefficient (Wildman–Crippen LogP) is 4.13. The number of H-pyrrole nitrogens is 1. The zero-order chi connectivity index (χ0) is 16.6. The van der Waals surface area contributed by atoms with E-state index >= 15 is 0 Å². The molecule has 1 aromatic carbocycles. The number of ketones is 1. The van der Waals surface area contributed by atoms with Crippen LogP contribution in [0.3, 0.4) is 0 Å². The number of carbonyl (C=O) groups excluding carboxylic acids is 2. The van der Waals surface area contributed by atoms with Crippen LogP contribution in [0.1, 0.15) is 33.7 Å². The Kier molecular flexibility index (Phi) is 4.19. The molecule has 0 amide bonds. The summed E-state index contributed by atoms with van der Waals surface area (Å²) in [5.74, 6) is -0.499. The molecule has 0 aliphatic carbocycles. The van der Waals surface area contributed by atoms with E-state index in [9.17, 15) is 9.59 Å². The second-order valence-corrected chi connectivity index (χ2v) is 6.62. The van der Waals surface area contributed by atoms with Crippen molar-refractivity contribution < 1.29 is 14.3 Å². The number of aromatic amines is 1. The Morgan fingerprint density at radius 1 is 1.39 bits per heavy atom. The number of thiazole rings is 1. The van der Waals surface area contributed by atoms with E-state index in [1.165, 1.54) is 11.3 Å². The molecule has 0 aliphatic rings. The molecule has 0 aliphatic heterocycles. The van der Waals surface area contributed by atoms with Crippen LogP contribution < -0.4 is 4.74 Å². The standard InChI is InChI=1S/C16H13ClN2O3S/c1-3-12(20)22-15-10-5-4-9(17)6-11(10)19-13(15)14(21)16-18-7-8(2)23-16/h4-7,19H,3H2,1-2H3. The van der Waals surface area contributed by atoms with E-state index in [0.717, 1.165) is 4.88 Å². The van der Waals surface area contributed by atoms with Crippen molar-refractivity contribution in [2.75, 3.05) is 0 Å². The predicted molar refractivity (Wildman–Crippen MR) is 89.5 cm³/mol. The van der Waals surface area contributed by atoms with Crippen molar-refractivity contribution in [3.05, 3.63) is 45.0 Å². The maximum Gasteiger partial charge on any atom is 0.310 e. The summed E-state index contributed by atoms with van der Waals surface area (Å²) in [7, 11) is 0. The third-order valence-electron chi connectivity index (χ3n) is 3.26. The monoisotopic (exact) mass is 348 g/mol. The zero-order valence-electron chi connectivity index (χ0n) is 12.5.